The number of halogens is 1. The second-order valence-corrected chi connectivity index (χ2v) is 5.25. The smallest absolute Gasteiger partial charge is 0.115 e. The summed E-state index contributed by atoms with van der Waals surface area (Å²) in [5.74, 6) is 0.524. The number of hydrogen-bond donors (Lipinski definition) is 1. The van der Waals surface area contributed by atoms with E-state index in [1.807, 2.05) is 0 Å². The molecule has 82 valence electrons. The average Bonchev–Trinajstić information content (AvgIpc) is 2.49. The van der Waals surface area contributed by atoms with Crippen molar-refractivity contribution >= 4 is 0 Å². The van der Waals surface area contributed by atoms with E-state index in [1.54, 1.807) is 0 Å². The van der Waals surface area contributed by atoms with Gasteiger partial charge in [0.2, 0.25) is 0 Å². The van der Waals surface area contributed by atoms with E-state index in [2.05, 4.69) is 18.7 Å². The number of rotatable bonds is 2. The van der Waals surface area contributed by atoms with E-state index in [1.165, 1.54) is 0 Å². The van der Waals surface area contributed by atoms with Gasteiger partial charge in [-0.1, -0.05) is 13.8 Å². The molecule has 0 aromatic rings. The van der Waals surface area contributed by atoms with Gasteiger partial charge in [0.15, 0.2) is 0 Å². The van der Waals surface area contributed by atoms with Crippen molar-refractivity contribution in [1.82, 2.24) is 4.90 Å². The molecule has 2 saturated heterocycles. The Morgan fingerprint density at radius 3 is 2.93 bits per heavy atom. The largest absolute Gasteiger partial charge is 0.391 e. The van der Waals surface area contributed by atoms with Gasteiger partial charge in [-0.15, -0.1) is 0 Å². The lowest BCUT2D eigenvalue weighted by Crippen LogP contribution is -2.46. The summed E-state index contributed by atoms with van der Waals surface area (Å²) >= 11 is 0. The molecule has 0 spiro atoms. The molecule has 2 aliphatic heterocycles. The lowest BCUT2D eigenvalue weighted by molar-refractivity contribution is 0.0360. The third-order valence-electron chi connectivity index (χ3n) is 3.68. The molecular formula is C11H20FNO. The molecule has 3 heteroatoms. The van der Waals surface area contributed by atoms with Crippen molar-refractivity contribution in [2.24, 2.45) is 5.92 Å². The Kier molecular flexibility index (Phi) is 2.56. The SMILES string of the molecule is CC(C)C[C@]12C[C@@H](F)CN1CCC2O. The summed E-state index contributed by atoms with van der Waals surface area (Å²) in [6.45, 7) is 5.69. The lowest BCUT2D eigenvalue weighted by Gasteiger charge is -2.36. The minimum absolute atomic E-state index is 0.229. The van der Waals surface area contributed by atoms with Crippen molar-refractivity contribution < 1.29 is 9.50 Å². The Balaban J connectivity index is 2.17. The van der Waals surface area contributed by atoms with Gasteiger partial charge < -0.3 is 5.11 Å². The van der Waals surface area contributed by atoms with Crippen LogP contribution >= 0.6 is 0 Å². The van der Waals surface area contributed by atoms with Crippen LogP contribution in [0.5, 0.6) is 0 Å². The highest BCUT2D eigenvalue weighted by molar-refractivity contribution is 5.08. The first-order valence-corrected chi connectivity index (χ1v) is 5.62. The first-order valence-electron chi connectivity index (χ1n) is 5.62. The molecule has 0 saturated carbocycles. The first-order chi connectivity index (χ1) is 6.54. The molecule has 0 amide bonds. The van der Waals surface area contributed by atoms with Gasteiger partial charge >= 0.3 is 0 Å². The highest BCUT2D eigenvalue weighted by atomic mass is 19.1. The zero-order chi connectivity index (χ0) is 10.3. The predicted octanol–water partition coefficient (Wildman–Crippen LogP) is 1.58. The molecule has 1 unspecified atom stereocenters. The molecule has 2 rings (SSSR count). The summed E-state index contributed by atoms with van der Waals surface area (Å²) in [6.07, 6.45) is 1.23. The Bertz CT molecular complexity index is 221. The van der Waals surface area contributed by atoms with Crippen LogP contribution < -0.4 is 0 Å². The van der Waals surface area contributed by atoms with Crippen LogP contribution in [0, 0.1) is 5.92 Å². The third kappa shape index (κ3) is 1.47. The van der Waals surface area contributed by atoms with Crippen LogP contribution in [0.1, 0.15) is 33.1 Å². The van der Waals surface area contributed by atoms with E-state index in [9.17, 15) is 9.50 Å². The van der Waals surface area contributed by atoms with E-state index in [0.717, 1.165) is 19.4 Å². The summed E-state index contributed by atoms with van der Waals surface area (Å²) in [5, 5.41) is 10.0. The minimum Gasteiger partial charge on any atom is -0.391 e. The van der Waals surface area contributed by atoms with Crippen LogP contribution in [0.25, 0.3) is 0 Å². The number of nitrogens with zero attached hydrogens (tertiary/aromatic N) is 1. The summed E-state index contributed by atoms with van der Waals surface area (Å²) in [7, 11) is 0. The first kappa shape index (κ1) is 10.4. The standard InChI is InChI=1S/C11H20FNO/c1-8(2)5-11-6-9(12)7-13(11)4-3-10(11)14/h8-10,14H,3-7H2,1-2H3/t9-,10?,11-/m1/s1. The molecular weight excluding hydrogens is 181 g/mol. The Labute approximate surface area is 85.1 Å². The van der Waals surface area contributed by atoms with E-state index in [-0.39, 0.29) is 11.6 Å². The van der Waals surface area contributed by atoms with E-state index in [0.29, 0.717) is 18.9 Å². The molecule has 0 bridgehead atoms. The molecule has 0 aliphatic carbocycles. The number of aliphatic hydroxyl groups is 1. The fraction of sp³-hybridized carbons (Fsp3) is 1.00. The van der Waals surface area contributed by atoms with Gasteiger partial charge in [0, 0.05) is 19.5 Å². The Hall–Kier alpha value is -0.150. The van der Waals surface area contributed by atoms with Crippen molar-refractivity contribution in [1.29, 1.82) is 0 Å². The summed E-state index contributed by atoms with van der Waals surface area (Å²) in [5.41, 5.74) is -0.229. The second-order valence-electron chi connectivity index (χ2n) is 5.25. The lowest BCUT2D eigenvalue weighted by atomic mass is 9.83. The van der Waals surface area contributed by atoms with Crippen molar-refractivity contribution in [2.75, 3.05) is 13.1 Å². The molecule has 0 aromatic carbocycles. The topological polar surface area (TPSA) is 23.5 Å². The van der Waals surface area contributed by atoms with Gasteiger partial charge in [-0.25, -0.2) is 4.39 Å². The van der Waals surface area contributed by atoms with Gasteiger partial charge in [-0.2, -0.15) is 0 Å². The Morgan fingerprint density at radius 2 is 2.29 bits per heavy atom. The van der Waals surface area contributed by atoms with E-state index >= 15 is 0 Å². The van der Waals surface area contributed by atoms with Crippen molar-refractivity contribution in [2.45, 2.75) is 50.9 Å². The zero-order valence-corrected chi connectivity index (χ0v) is 9.04. The van der Waals surface area contributed by atoms with Crippen LogP contribution in [0.4, 0.5) is 4.39 Å². The van der Waals surface area contributed by atoms with Crippen LogP contribution in [0.2, 0.25) is 0 Å². The number of hydrogen-bond acceptors (Lipinski definition) is 2. The Morgan fingerprint density at radius 1 is 1.57 bits per heavy atom. The molecule has 0 aromatic heterocycles. The number of alkyl halides is 1. The third-order valence-corrected chi connectivity index (χ3v) is 3.68. The maximum Gasteiger partial charge on any atom is 0.115 e. The molecule has 2 aliphatic rings. The van der Waals surface area contributed by atoms with Crippen LogP contribution in [-0.2, 0) is 0 Å². The van der Waals surface area contributed by atoms with E-state index in [4.69, 9.17) is 0 Å². The fourth-order valence-electron chi connectivity index (χ4n) is 3.26. The van der Waals surface area contributed by atoms with Crippen LogP contribution in [0.15, 0.2) is 0 Å². The van der Waals surface area contributed by atoms with Gasteiger partial charge in [-0.3, -0.25) is 4.90 Å². The highest BCUT2D eigenvalue weighted by Crippen LogP contribution is 2.44. The normalized spacial score (nSPS) is 43.5. The quantitative estimate of drug-likeness (QED) is 0.733. The van der Waals surface area contributed by atoms with Crippen molar-refractivity contribution in [3.63, 3.8) is 0 Å². The van der Waals surface area contributed by atoms with Crippen molar-refractivity contribution in [3.05, 3.63) is 0 Å². The maximum atomic E-state index is 13.4. The molecule has 14 heavy (non-hydrogen) atoms. The fourth-order valence-corrected chi connectivity index (χ4v) is 3.26. The van der Waals surface area contributed by atoms with Gasteiger partial charge in [0.25, 0.3) is 0 Å². The molecule has 1 N–H and O–H groups in total. The van der Waals surface area contributed by atoms with Crippen LogP contribution in [-0.4, -0.2) is 40.9 Å². The molecule has 3 atom stereocenters. The maximum absolute atomic E-state index is 13.4. The van der Waals surface area contributed by atoms with E-state index < -0.39 is 6.17 Å². The average molecular weight is 201 g/mol. The van der Waals surface area contributed by atoms with Gasteiger partial charge in [0.1, 0.15) is 6.17 Å². The number of fused-ring (bicyclic) bond motifs is 1. The second kappa shape index (κ2) is 3.46. The summed E-state index contributed by atoms with van der Waals surface area (Å²) in [4.78, 5) is 2.17. The van der Waals surface area contributed by atoms with Gasteiger partial charge in [0.05, 0.1) is 11.6 Å². The summed E-state index contributed by atoms with van der Waals surface area (Å²) in [6, 6.07) is 0. The minimum atomic E-state index is -0.733. The van der Waals surface area contributed by atoms with Crippen LogP contribution in [0.3, 0.4) is 0 Å². The zero-order valence-electron chi connectivity index (χ0n) is 9.04. The molecule has 2 heterocycles. The molecule has 0 radical (unpaired) electrons. The molecule has 2 nitrogen and oxygen atoms in total. The highest BCUT2D eigenvalue weighted by Gasteiger charge is 2.54. The molecule has 2 fully saturated rings. The van der Waals surface area contributed by atoms with Gasteiger partial charge in [-0.05, 0) is 18.8 Å². The number of aliphatic hydroxyl groups excluding tert-OH is 1. The summed E-state index contributed by atoms with van der Waals surface area (Å²) < 4.78 is 13.4. The predicted molar refractivity (Wildman–Crippen MR) is 53.9 cm³/mol. The van der Waals surface area contributed by atoms with Crippen molar-refractivity contribution in [3.8, 4) is 0 Å². The monoisotopic (exact) mass is 201 g/mol.